The van der Waals surface area contributed by atoms with E-state index >= 15 is 0 Å². The van der Waals surface area contributed by atoms with E-state index in [9.17, 15) is 13.6 Å². The number of hydrogen-bond acceptors (Lipinski definition) is 1. The van der Waals surface area contributed by atoms with Gasteiger partial charge in [-0.3, -0.25) is 4.79 Å². The van der Waals surface area contributed by atoms with Crippen LogP contribution < -0.4 is 5.32 Å². The minimum atomic E-state index is -0.702. The first kappa shape index (κ1) is 12.3. The van der Waals surface area contributed by atoms with Gasteiger partial charge in [-0.1, -0.05) is 6.07 Å². The molecule has 2 N–H and O–H groups in total. The molecule has 0 atom stereocenters. The molecule has 0 aliphatic carbocycles. The van der Waals surface area contributed by atoms with Crippen LogP contribution in [0.25, 0.3) is 0 Å². The van der Waals surface area contributed by atoms with Gasteiger partial charge in [-0.15, -0.1) is 0 Å². The lowest BCUT2D eigenvalue weighted by Crippen LogP contribution is -2.25. The monoisotopic (exact) mass is 250 g/mol. The number of aromatic amines is 1. The average molecular weight is 250 g/mol. The van der Waals surface area contributed by atoms with E-state index in [2.05, 4.69) is 10.3 Å². The molecule has 1 aromatic carbocycles. The van der Waals surface area contributed by atoms with Gasteiger partial charge in [0.15, 0.2) is 0 Å². The highest BCUT2D eigenvalue weighted by molar-refractivity contribution is 5.78. The molecule has 1 amide bonds. The molecular formula is C13H12F2N2O. The molecule has 5 heteroatoms. The summed E-state index contributed by atoms with van der Waals surface area (Å²) < 4.78 is 26.6. The van der Waals surface area contributed by atoms with Gasteiger partial charge in [-0.25, -0.2) is 8.78 Å². The zero-order valence-electron chi connectivity index (χ0n) is 9.54. The summed E-state index contributed by atoms with van der Waals surface area (Å²) in [5.74, 6) is -1.82. The highest BCUT2D eigenvalue weighted by Gasteiger charge is 2.12. The van der Waals surface area contributed by atoms with E-state index in [0.717, 1.165) is 17.7 Å². The van der Waals surface area contributed by atoms with Gasteiger partial charge in [0.2, 0.25) is 5.91 Å². The Morgan fingerprint density at radius 2 is 1.94 bits per heavy atom. The molecule has 0 saturated carbocycles. The molecule has 94 valence electrons. The molecule has 18 heavy (non-hydrogen) atoms. The van der Waals surface area contributed by atoms with E-state index in [1.165, 1.54) is 6.07 Å². The third-order valence-electron chi connectivity index (χ3n) is 2.55. The topological polar surface area (TPSA) is 44.9 Å². The van der Waals surface area contributed by atoms with Crippen LogP contribution >= 0.6 is 0 Å². The van der Waals surface area contributed by atoms with Crippen molar-refractivity contribution in [3.05, 3.63) is 59.4 Å². The van der Waals surface area contributed by atoms with Crippen molar-refractivity contribution >= 4 is 5.91 Å². The first-order chi connectivity index (χ1) is 8.66. The summed E-state index contributed by atoms with van der Waals surface area (Å²) in [5.41, 5.74) is 0.696. The summed E-state index contributed by atoms with van der Waals surface area (Å²) >= 11 is 0. The zero-order chi connectivity index (χ0) is 13.0. The third kappa shape index (κ3) is 2.94. The molecular weight excluding hydrogens is 238 g/mol. The number of halogens is 2. The van der Waals surface area contributed by atoms with E-state index in [-0.39, 0.29) is 12.0 Å². The number of benzene rings is 1. The average Bonchev–Trinajstić information content (AvgIpc) is 2.84. The Kier molecular flexibility index (Phi) is 3.72. The van der Waals surface area contributed by atoms with Gasteiger partial charge >= 0.3 is 0 Å². The Bertz CT molecular complexity index is 518. The number of rotatable bonds is 4. The number of hydrogen-bond donors (Lipinski definition) is 2. The molecule has 0 bridgehead atoms. The number of carbonyl (C=O) groups is 1. The van der Waals surface area contributed by atoms with Crippen LogP contribution in [0, 0.1) is 11.6 Å². The molecule has 0 aliphatic heterocycles. The highest BCUT2D eigenvalue weighted by Crippen LogP contribution is 2.12. The molecule has 0 unspecified atom stereocenters. The van der Waals surface area contributed by atoms with Gasteiger partial charge in [0.1, 0.15) is 11.6 Å². The summed E-state index contributed by atoms with van der Waals surface area (Å²) in [7, 11) is 0. The second-order valence-corrected chi connectivity index (χ2v) is 3.87. The largest absolute Gasteiger partial charge is 0.367 e. The zero-order valence-corrected chi connectivity index (χ0v) is 9.54. The molecule has 1 aromatic heterocycles. The van der Waals surface area contributed by atoms with Crippen LogP contribution in [0.2, 0.25) is 0 Å². The molecule has 2 rings (SSSR count). The van der Waals surface area contributed by atoms with Crippen molar-refractivity contribution < 1.29 is 13.6 Å². The van der Waals surface area contributed by atoms with Gasteiger partial charge in [0, 0.05) is 24.5 Å². The van der Waals surface area contributed by atoms with Crippen molar-refractivity contribution in [2.24, 2.45) is 0 Å². The smallest absolute Gasteiger partial charge is 0.224 e. The fraction of sp³-hybridized carbons (Fsp3) is 0.154. The Morgan fingerprint density at radius 1 is 1.22 bits per heavy atom. The van der Waals surface area contributed by atoms with Crippen molar-refractivity contribution in [3.63, 3.8) is 0 Å². The van der Waals surface area contributed by atoms with E-state index in [1.54, 1.807) is 12.4 Å². The number of amides is 1. The van der Waals surface area contributed by atoms with Gasteiger partial charge in [-0.2, -0.15) is 0 Å². The lowest BCUT2D eigenvalue weighted by molar-refractivity contribution is -0.120. The summed E-state index contributed by atoms with van der Waals surface area (Å²) in [6.07, 6.45) is 3.17. The fourth-order valence-electron chi connectivity index (χ4n) is 1.59. The maximum atomic E-state index is 13.3. The molecule has 1 heterocycles. The van der Waals surface area contributed by atoms with Crippen LogP contribution in [0.15, 0.2) is 36.7 Å². The Balaban J connectivity index is 1.95. The molecule has 0 fully saturated rings. The van der Waals surface area contributed by atoms with Crippen molar-refractivity contribution in [2.45, 2.75) is 13.0 Å². The summed E-state index contributed by atoms with van der Waals surface area (Å²) in [4.78, 5) is 14.4. The third-order valence-corrected chi connectivity index (χ3v) is 2.55. The first-order valence-electron chi connectivity index (χ1n) is 5.48. The first-order valence-corrected chi connectivity index (χ1v) is 5.48. The summed E-state index contributed by atoms with van der Waals surface area (Å²) in [5, 5.41) is 2.60. The van der Waals surface area contributed by atoms with Crippen LogP contribution in [-0.4, -0.2) is 10.9 Å². The normalized spacial score (nSPS) is 10.3. The fourth-order valence-corrected chi connectivity index (χ4v) is 1.59. The van der Waals surface area contributed by atoms with E-state index in [1.807, 2.05) is 6.07 Å². The Hall–Kier alpha value is -2.17. The quantitative estimate of drug-likeness (QED) is 0.858. The molecule has 0 radical (unpaired) electrons. The second-order valence-electron chi connectivity index (χ2n) is 3.87. The van der Waals surface area contributed by atoms with Crippen molar-refractivity contribution in [1.29, 1.82) is 0 Å². The molecule has 3 nitrogen and oxygen atoms in total. The highest BCUT2D eigenvalue weighted by atomic mass is 19.1. The maximum absolute atomic E-state index is 13.3. The molecule has 2 aromatic rings. The minimum Gasteiger partial charge on any atom is -0.367 e. The number of aromatic nitrogens is 1. The van der Waals surface area contributed by atoms with Gasteiger partial charge in [0.25, 0.3) is 0 Å². The molecule has 0 saturated heterocycles. The van der Waals surface area contributed by atoms with Gasteiger partial charge in [-0.05, 0) is 23.8 Å². The van der Waals surface area contributed by atoms with Crippen molar-refractivity contribution in [2.75, 3.05) is 0 Å². The second kappa shape index (κ2) is 5.44. The van der Waals surface area contributed by atoms with Crippen molar-refractivity contribution in [1.82, 2.24) is 10.3 Å². The van der Waals surface area contributed by atoms with E-state index in [0.29, 0.717) is 6.54 Å². The standard InChI is InChI=1S/C13H12F2N2O/c14-11-2-1-3-12(15)10(11)6-13(18)17-8-9-4-5-16-7-9/h1-5,7,16H,6,8H2,(H,17,18). The van der Waals surface area contributed by atoms with Crippen LogP contribution in [-0.2, 0) is 17.8 Å². The number of nitrogens with one attached hydrogen (secondary N) is 2. The van der Waals surface area contributed by atoms with Crippen LogP contribution in [0.5, 0.6) is 0 Å². The maximum Gasteiger partial charge on any atom is 0.224 e. The molecule has 0 spiro atoms. The lowest BCUT2D eigenvalue weighted by atomic mass is 10.1. The van der Waals surface area contributed by atoms with E-state index < -0.39 is 17.5 Å². The predicted molar refractivity (Wildman–Crippen MR) is 62.7 cm³/mol. The Labute approximate surface area is 103 Å². The lowest BCUT2D eigenvalue weighted by Gasteiger charge is -2.06. The Morgan fingerprint density at radius 3 is 2.56 bits per heavy atom. The minimum absolute atomic E-state index is 0.205. The predicted octanol–water partition coefficient (Wildman–Crippen LogP) is 2.15. The SMILES string of the molecule is O=C(Cc1c(F)cccc1F)NCc1cc[nH]c1. The molecule has 0 aliphatic rings. The summed E-state index contributed by atoms with van der Waals surface area (Å²) in [6.45, 7) is 0.332. The number of H-pyrrole nitrogens is 1. The number of carbonyl (C=O) groups excluding carboxylic acids is 1. The van der Waals surface area contributed by atoms with Crippen LogP contribution in [0.4, 0.5) is 8.78 Å². The van der Waals surface area contributed by atoms with E-state index in [4.69, 9.17) is 0 Å². The van der Waals surface area contributed by atoms with Crippen LogP contribution in [0.3, 0.4) is 0 Å². The summed E-state index contributed by atoms with van der Waals surface area (Å²) in [6, 6.07) is 5.35. The van der Waals surface area contributed by atoms with Gasteiger partial charge in [0.05, 0.1) is 6.42 Å². The van der Waals surface area contributed by atoms with Crippen LogP contribution in [0.1, 0.15) is 11.1 Å². The van der Waals surface area contributed by atoms with Gasteiger partial charge < -0.3 is 10.3 Å². The van der Waals surface area contributed by atoms with Crippen molar-refractivity contribution in [3.8, 4) is 0 Å².